The van der Waals surface area contributed by atoms with E-state index in [1.165, 1.54) is 11.3 Å². The van der Waals surface area contributed by atoms with Gasteiger partial charge in [-0.1, -0.05) is 51.5 Å². The fourth-order valence-electron chi connectivity index (χ4n) is 4.51. The third kappa shape index (κ3) is 4.83. The van der Waals surface area contributed by atoms with Gasteiger partial charge in [-0.15, -0.1) is 0 Å². The van der Waals surface area contributed by atoms with Gasteiger partial charge in [-0.2, -0.15) is 0 Å². The van der Waals surface area contributed by atoms with Crippen molar-refractivity contribution < 1.29 is 14.3 Å². The number of morpholine rings is 1. The van der Waals surface area contributed by atoms with Gasteiger partial charge in [0.15, 0.2) is 4.80 Å². The van der Waals surface area contributed by atoms with Crippen molar-refractivity contribution >= 4 is 45.0 Å². The summed E-state index contributed by atoms with van der Waals surface area (Å²) in [6.07, 6.45) is 1.88. The molecule has 1 atom stereocenters. The van der Waals surface area contributed by atoms with Crippen LogP contribution in [-0.2, 0) is 14.3 Å². The number of halogens is 1. The van der Waals surface area contributed by atoms with Gasteiger partial charge in [0.2, 0.25) is 0 Å². The number of allylic oxidation sites excluding steroid dienone is 1. The molecular formula is C27H26BrN3O4S. The maximum atomic E-state index is 13.7. The Morgan fingerprint density at radius 2 is 1.86 bits per heavy atom. The van der Waals surface area contributed by atoms with Crippen LogP contribution in [0.1, 0.15) is 31.0 Å². The topological polar surface area (TPSA) is 73.1 Å². The van der Waals surface area contributed by atoms with Crippen molar-refractivity contribution in [2.45, 2.75) is 19.9 Å². The predicted molar refractivity (Wildman–Crippen MR) is 144 cm³/mol. The molecular weight excluding hydrogens is 542 g/mol. The summed E-state index contributed by atoms with van der Waals surface area (Å²) in [7, 11) is 0. The van der Waals surface area contributed by atoms with Crippen molar-refractivity contribution in [1.82, 2.24) is 4.57 Å². The van der Waals surface area contributed by atoms with E-state index in [0.29, 0.717) is 20.6 Å². The highest BCUT2D eigenvalue weighted by Gasteiger charge is 2.33. The number of hydrogen-bond donors (Lipinski definition) is 0. The van der Waals surface area contributed by atoms with Crippen LogP contribution in [0, 0.1) is 0 Å². The number of benzene rings is 2. The number of fused-ring (bicyclic) bond motifs is 1. The summed E-state index contributed by atoms with van der Waals surface area (Å²) in [5.41, 5.74) is 3.65. The third-order valence-electron chi connectivity index (χ3n) is 6.27. The lowest BCUT2D eigenvalue weighted by molar-refractivity contribution is -0.139. The minimum Gasteiger partial charge on any atom is -0.463 e. The Bertz CT molecular complexity index is 1480. The van der Waals surface area contributed by atoms with E-state index in [1.54, 1.807) is 18.4 Å². The molecule has 1 aromatic heterocycles. The lowest BCUT2D eigenvalue weighted by Crippen LogP contribution is -2.39. The van der Waals surface area contributed by atoms with Gasteiger partial charge in [0.25, 0.3) is 5.56 Å². The van der Waals surface area contributed by atoms with Crippen molar-refractivity contribution in [3.8, 4) is 0 Å². The lowest BCUT2D eigenvalue weighted by atomic mass is 9.96. The van der Waals surface area contributed by atoms with Gasteiger partial charge in [-0.05, 0) is 55.3 Å². The average Bonchev–Trinajstić information content (AvgIpc) is 3.19. The van der Waals surface area contributed by atoms with Gasteiger partial charge >= 0.3 is 5.97 Å². The van der Waals surface area contributed by atoms with Gasteiger partial charge in [-0.25, -0.2) is 9.79 Å². The molecule has 9 heteroatoms. The highest BCUT2D eigenvalue weighted by atomic mass is 79.9. The molecule has 5 rings (SSSR count). The van der Waals surface area contributed by atoms with E-state index in [9.17, 15) is 9.59 Å². The lowest BCUT2D eigenvalue weighted by Gasteiger charge is -2.28. The second-order valence-corrected chi connectivity index (χ2v) is 10.5. The van der Waals surface area contributed by atoms with Crippen LogP contribution in [-0.4, -0.2) is 43.4 Å². The first-order valence-electron chi connectivity index (χ1n) is 11.8. The Labute approximate surface area is 221 Å². The van der Waals surface area contributed by atoms with Crippen molar-refractivity contribution in [3.05, 3.63) is 95.1 Å². The molecule has 1 unspecified atom stereocenters. The Hall–Kier alpha value is -3.01. The number of anilines is 1. The molecule has 0 amide bonds. The predicted octanol–water partition coefficient (Wildman–Crippen LogP) is 3.40. The SMILES string of the molecule is CCOC(=O)C1=C(C)N=c2s/c(=C\c3ccc(N4CCOCC4)cc3)c(=O)n2C1c1ccc(Br)cc1. The monoisotopic (exact) mass is 567 g/mol. The largest absolute Gasteiger partial charge is 0.463 e. The third-order valence-corrected chi connectivity index (χ3v) is 7.78. The summed E-state index contributed by atoms with van der Waals surface area (Å²) in [5, 5.41) is 0. The Morgan fingerprint density at radius 3 is 2.53 bits per heavy atom. The molecule has 1 fully saturated rings. The van der Waals surface area contributed by atoms with E-state index in [-0.39, 0.29) is 12.2 Å². The van der Waals surface area contributed by atoms with Crippen LogP contribution < -0.4 is 19.8 Å². The van der Waals surface area contributed by atoms with E-state index in [0.717, 1.165) is 47.6 Å². The zero-order valence-electron chi connectivity index (χ0n) is 20.1. The minimum absolute atomic E-state index is 0.182. The number of carbonyl (C=O) groups is 1. The fraction of sp³-hybridized carbons (Fsp3) is 0.296. The van der Waals surface area contributed by atoms with Crippen LogP contribution in [0.2, 0.25) is 0 Å². The van der Waals surface area contributed by atoms with Gasteiger partial charge in [0, 0.05) is 23.2 Å². The fourth-order valence-corrected chi connectivity index (χ4v) is 5.82. The minimum atomic E-state index is -0.612. The van der Waals surface area contributed by atoms with E-state index in [4.69, 9.17) is 9.47 Å². The number of carbonyl (C=O) groups excluding carboxylic acids is 1. The number of rotatable bonds is 5. The maximum absolute atomic E-state index is 13.7. The molecule has 0 bridgehead atoms. The number of ether oxygens (including phenoxy) is 2. The van der Waals surface area contributed by atoms with Crippen LogP contribution in [0.15, 0.2) is 74.1 Å². The van der Waals surface area contributed by atoms with Crippen LogP contribution in [0.25, 0.3) is 6.08 Å². The highest BCUT2D eigenvalue weighted by Crippen LogP contribution is 2.31. The summed E-state index contributed by atoms with van der Waals surface area (Å²) < 4.78 is 13.9. The van der Waals surface area contributed by atoms with Gasteiger partial charge in [0.05, 0.1) is 41.7 Å². The van der Waals surface area contributed by atoms with E-state index >= 15 is 0 Å². The second kappa shape index (κ2) is 10.5. The van der Waals surface area contributed by atoms with Crippen molar-refractivity contribution in [3.63, 3.8) is 0 Å². The molecule has 7 nitrogen and oxygen atoms in total. The van der Waals surface area contributed by atoms with Crippen molar-refractivity contribution in [1.29, 1.82) is 0 Å². The zero-order chi connectivity index (χ0) is 25.2. The molecule has 0 N–H and O–H groups in total. The Balaban J connectivity index is 1.58. The van der Waals surface area contributed by atoms with E-state index < -0.39 is 12.0 Å². The van der Waals surface area contributed by atoms with Gasteiger partial charge in [-0.3, -0.25) is 9.36 Å². The Kier molecular flexibility index (Phi) is 7.22. The number of aromatic nitrogens is 1. The van der Waals surface area contributed by atoms with Crippen LogP contribution >= 0.6 is 27.3 Å². The second-order valence-electron chi connectivity index (χ2n) is 8.54. The summed E-state index contributed by atoms with van der Waals surface area (Å²) in [5.74, 6) is -0.459. The Morgan fingerprint density at radius 1 is 1.17 bits per heavy atom. The highest BCUT2D eigenvalue weighted by molar-refractivity contribution is 9.10. The van der Waals surface area contributed by atoms with E-state index in [1.807, 2.05) is 42.5 Å². The number of esters is 1. The first-order valence-corrected chi connectivity index (χ1v) is 13.4. The molecule has 2 aliphatic heterocycles. The first kappa shape index (κ1) is 24.7. The standard InChI is InChI=1S/C27H26BrN3O4S/c1-3-35-26(33)23-17(2)29-27-31(24(23)19-6-8-20(28)9-7-19)25(32)22(36-27)16-18-4-10-21(11-5-18)30-12-14-34-15-13-30/h4-11,16,24H,3,12-15H2,1-2H3/b22-16-. The quantitative estimate of drug-likeness (QED) is 0.442. The number of nitrogens with zero attached hydrogens (tertiary/aromatic N) is 3. The molecule has 0 aliphatic carbocycles. The number of thiazole rings is 1. The average molecular weight is 568 g/mol. The van der Waals surface area contributed by atoms with Crippen molar-refractivity contribution in [2.24, 2.45) is 4.99 Å². The maximum Gasteiger partial charge on any atom is 0.338 e. The number of hydrogen-bond acceptors (Lipinski definition) is 7. The molecule has 2 aromatic carbocycles. The molecule has 0 saturated carbocycles. The van der Waals surface area contributed by atoms with Crippen LogP contribution in [0.4, 0.5) is 5.69 Å². The molecule has 0 spiro atoms. The first-order chi connectivity index (χ1) is 17.5. The molecule has 0 radical (unpaired) electrons. The van der Waals surface area contributed by atoms with Crippen LogP contribution in [0.5, 0.6) is 0 Å². The molecule has 3 aromatic rings. The molecule has 186 valence electrons. The smallest absolute Gasteiger partial charge is 0.338 e. The summed E-state index contributed by atoms with van der Waals surface area (Å²) >= 11 is 4.79. The molecule has 36 heavy (non-hydrogen) atoms. The van der Waals surface area contributed by atoms with Crippen LogP contribution in [0.3, 0.4) is 0 Å². The summed E-state index contributed by atoms with van der Waals surface area (Å²) in [6, 6.07) is 15.2. The molecule has 3 heterocycles. The molecule has 2 aliphatic rings. The van der Waals surface area contributed by atoms with Gasteiger partial charge in [0.1, 0.15) is 0 Å². The summed E-state index contributed by atoms with van der Waals surface area (Å²) in [6.45, 7) is 7.01. The van der Waals surface area contributed by atoms with Crippen molar-refractivity contribution in [2.75, 3.05) is 37.8 Å². The van der Waals surface area contributed by atoms with Gasteiger partial charge < -0.3 is 14.4 Å². The summed E-state index contributed by atoms with van der Waals surface area (Å²) in [4.78, 5) is 34.1. The zero-order valence-corrected chi connectivity index (χ0v) is 22.5. The molecule has 1 saturated heterocycles. The van der Waals surface area contributed by atoms with E-state index in [2.05, 4.69) is 38.0 Å². The normalized spacial score (nSPS) is 18.1.